The summed E-state index contributed by atoms with van der Waals surface area (Å²) >= 11 is 0. The van der Waals surface area contributed by atoms with Crippen LogP contribution in [0, 0.1) is 12.8 Å². The van der Waals surface area contributed by atoms with Crippen molar-refractivity contribution >= 4 is 17.4 Å². The molecule has 1 aromatic carbocycles. The molecule has 0 aliphatic rings. The van der Waals surface area contributed by atoms with Gasteiger partial charge in [-0.05, 0) is 37.0 Å². The van der Waals surface area contributed by atoms with Crippen LogP contribution in [-0.2, 0) is 0 Å². The second-order valence-electron chi connectivity index (χ2n) is 5.72. The Morgan fingerprint density at radius 1 is 1.23 bits per heavy atom. The Morgan fingerprint density at radius 2 is 2.05 bits per heavy atom. The normalized spacial score (nSPS) is 10.5. The number of carbonyl (C=O) groups excluding carboxylic acids is 1. The maximum absolute atomic E-state index is 11.9. The van der Waals surface area contributed by atoms with Crippen molar-refractivity contribution < 1.29 is 4.79 Å². The smallest absolute Gasteiger partial charge is 0.271 e. The number of amides is 1. The van der Waals surface area contributed by atoms with Gasteiger partial charge in [-0.25, -0.2) is 9.97 Å². The number of hydrogen-bond acceptors (Lipinski definition) is 4. The van der Waals surface area contributed by atoms with Crippen LogP contribution >= 0.6 is 0 Å². The first-order chi connectivity index (χ1) is 10.5. The highest BCUT2D eigenvalue weighted by molar-refractivity contribution is 5.92. The van der Waals surface area contributed by atoms with E-state index in [1.54, 1.807) is 6.20 Å². The summed E-state index contributed by atoms with van der Waals surface area (Å²) in [6.07, 6.45) is 4.01. The molecule has 1 aromatic heterocycles. The number of aromatic nitrogens is 2. The van der Waals surface area contributed by atoms with Crippen molar-refractivity contribution in [3.8, 4) is 0 Å². The summed E-state index contributed by atoms with van der Waals surface area (Å²) in [5, 5.41) is 6.01. The molecule has 0 bridgehead atoms. The van der Waals surface area contributed by atoms with Gasteiger partial charge >= 0.3 is 0 Å². The second kappa shape index (κ2) is 7.54. The van der Waals surface area contributed by atoms with Gasteiger partial charge in [0.2, 0.25) is 0 Å². The lowest BCUT2D eigenvalue weighted by molar-refractivity contribution is 0.0946. The standard InChI is InChI=1S/C17H22N4O/c1-12(2)7-8-18-17(22)15-10-20-16(11-19-15)21-14-6-4-5-13(3)9-14/h4-6,9-12H,7-8H2,1-3H3,(H,18,22)(H,20,21). The third-order valence-corrected chi connectivity index (χ3v) is 3.18. The summed E-state index contributed by atoms with van der Waals surface area (Å²) < 4.78 is 0. The van der Waals surface area contributed by atoms with Crippen LogP contribution in [0.25, 0.3) is 0 Å². The molecule has 5 nitrogen and oxygen atoms in total. The lowest BCUT2D eigenvalue weighted by Gasteiger charge is -2.08. The maximum Gasteiger partial charge on any atom is 0.271 e. The van der Waals surface area contributed by atoms with Crippen molar-refractivity contribution in [3.63, 3.8) is 0 Å². The van der Waals surface area contributed by atoms with E-state index in [2.05, 4.69) is 34.4 Å². The first-order valence-electron chi connectivity index (χ1n) is 7.48. The molecule has 0 aliphatic heterocycles. The zero-order chi connectivity index (χ0) is 15.9. The van der Waals surface area contributed by atoms with E-state index in [-0.39, 0.29) is 5.91 Å². The topological polar surface area (TPSA) is 66.9 Å². The van der Waals surface area contributed by atoms with Crippen molar-refractivity contribution in [2.75, 3.05) is 11.9 Å². The molecule has 0 radical (unpaired) electrons. The fourth-order valence-electron chi connectivity index (χ4n) is 1.95. The van der Waals surface area contributed by atoms with E-state index in [1.807, 2.05) is 31.2 Å². The fourth-order valence-corrected chi connectivity index (χ4v) is 1.95. The van der Waals surface area contributed by atoms with E-state index in [1.165, 1.54) is 11.8 Å². The van der Waals surface area contributed by atoms with Crippen LogP contribution < -0.4 is 10.6 Å². The lowest BCUT2D eigenvalue weighted by Crippen LogP contribution is -2.26. The van der Waals surface area contributed by atoms with Gasteiger partial charge < -0.3 is 10.6 Å². The Balaban J connectivity index is 1.93. The largest absolute Gasteiger partial charge is 0.351 e. The Morgan fingerprint density at radius 3 is 2.68 bits per heavy atom. The van der Waals surface area contributed by atoms with Crippen molar-refractivity contribution in [2.24, 2.45) is 5.92 Å². The quantitative estimate of drug-likeness (QED) is 0.858. The zero-order valence-electron chi connectivity index (χ0n) is 13.3. The molecular formula is C17H22N4O. The van der Waals surface area contributed by atoms with Crippen LogP contribution in [-0.4, -0.2) is 22.4 Å². The number of nitrogens with zero attached hydrogens (tertiary/aromatic N) is 2. The molecule has 22 heavy (non-hydrogen) atoms. The fraction of sp³-hybridized carbons (Fsp3) is 0.353. The Bertz CT molecular complexity index is 623. The first-order valence-corrected chi connectivity index (χ1v) is 7.48. The predicted molar refractivity (Wildman–Crippen MR) is 88.3 cm³/mol. The van der Waals surface area contributed by atoms with Crippen molar-refractivity contribution in [2.45, 2.75) is 27.2 Å². The Kier molecular flexibility index (Phi) is 5.47. The third kappa shape index (κ3) is 4.84. The number of aryl methyl sites for hydroxylation is 1. The molecule has 0 unspecified atom stereocenters. The minimum absolute atomic E-state index is 0.185. The van der Waals surface area contributed by atoms with Gasteiger partial charge in [-0.15, -0.1) is 0 Å². The number of carbonyl (C=O) groups is 1. The third-order valence-electron chi connectivity index (χ3n) is 3.18. The highest BCUT2D eigenvalue weighted by atomic mass is 16.1. The lowest BCUT2D eigenvalue weighted by atomic mass is 10.1. The van der Waals surface area contributed by atoms with Crippen LogP contribution in [0.15, 0.2) is 36.7 Å². The number of rotatable bonds is 6. The number of anilines is 2. The van der Waals surface area contributed by atoms with Gasteiger partial charge in [0.1, 0.15) is 11.5 Å². The monoisotopic (exact) mass is 298 g/mol. The van der Waals surface area contributed by atoms with Crippen LogP contribution in [0.2, 0.25) is 0 Å². The Labute approximate surface area is 131 Å². The van der Waals surface area contributed by atoms with Gasteiger partial charge in [0.15, 0.2) is 0 Å². The second-order valence-corrected chi connectivity index (χ2v) is 5.72. The van der Waals surface area contributed by atoms with Crippen molar-refractivity contribution in [1.29, 1.82) is 0 Å². The molecule has 0 atom stereocenters. The van der Waals surface area contributed by atoms with Gasteiger partial charge in [0.05, 0.1) is 12.4 Å². The predicted octanol–water partition coefficient (Wildman–Crippen LogP) is 3.30. The number of nitrogens with one attached hydrogen (secondary N) is 2. The van der Waals surface area contributed by atoms with Crippen LogP contribution in [0.1, 0.15) is 36.3 Å². The summed E-state index contributed by atoms with van der Waals surface area (Å²) in [7, 11) is 0. The highest BCUT2D eigenvalue weighted by Gasteiger charge is 2.07. The van der Waals surface area contributed by atoms with Gasteiger partial charge in [-0.3, -0.25) is 4.79 Å². The molecule has 1 heterocycles. The minimum Gasteiger partial charge on any atom is -0.351 e. The van der Waals surface area contributed by atoms with E-state index >= 15 is 0 Å². The van der Waals surface area contributed by atoms with Crippen molar-refractivity contribution in [3.05, 3.63) is 47.9 Å². The maximum atomic E-state index is 11.9. The Hall–Kier alpha value is -2.43. The molecule has 0 saturated heterocycles. The SMILES string of the molecule is Cc1cccc(Nc2cnc(C(=O)NCCC(C)C)cn2)c1. The van der Waals surface area contributed by atoms with E-state index in [0.717, 1.165) is 12.1 Å². The highest BCUT2D eigenvalue weighted by Crippen LogP contribution is 2.14. The summed E-state index contributed by atoms with van der Waals surface area (Å²) in [5.41, 5.74) is 2.45. The average Bonchev–Trinajstić information content (AvgIpc) is 2.47. The van der Waals surface area contributed by atoms with Gasteiger partial charge in [0.25, 0.3) is 5.91 Å². The van der Waals surface area contributed by atoms with Crippen molar-refractivity contribution in [1.82, 2.24) is 15.3 Å². The number of hydrogen-bond donors (Lipinski definition) is 2. The molecule has 0 fully saturated rings. The summed E-state index contributed by atoms with van der Waals surface area (Å²) in [5.74, 6) is 0.992. The van der Waals surface area contributed by atoms with Gasteiger partial charge in [0, 0.05) is 12.2 Å². The van der Waals surface area contributed by atoms with E-state index in [9.17, 15) is 4.79 Å². The molecule has 0 saturated carbocycles. The van der Waals surface area contributed by atoms with E-state index in [0.29, 0.717) is 24.0 Å². The van der Waals surface area contributed by atoms with Crippen LogP contribution in [0.4, 0.5) is 11.5 Å². The zero-order valence-corrected chi connectivity index (χ0v) is 13.3. The van der Waals surface area contributed by atoms with Gasteiger partial charge in [-0.1, -0.05) is 26.0 Å². The molecule has 1 amide bonds. The van der Waals surface area contributed by atoms with Crippen LogP contribution in [0.3, 0.4) is 0 Å². The van der Waals surface area contributed by atoms with Gasteiger partial charge in [-0.2, -0.15) is 0 Å². The van der Waals surface area contributed by atoms with E-state index in [4.69, 9.17) is 0 Å². The molecule has 116 valence electrons. The molecule has 5 heteroatoms. The van der Waals surface area contributed by atoms with E-state index < -0.39 is 0 Å². The number of benzene rings is 1. The molecule has 2 rings (SSSR count). The summed E-state index contributed by atoms with van der Waals surface area (Å²) in [6.45, 7) is 6.93. The summed E-state index contributed by atoms with van der Waals surface area (Å²) in [4.78, 5) is 20.3. The summed E-state index contributed by atoms with van der Waals surface area (Å²) in [6, 6.07) is 7.98. The van der Waals surface area contributed by atoms with Crippen LogP contribution in [0.5, 0.6) is 0 Å². The molecule has 0 spiro atoms. The average molecular weight is 298 g/mol. The molecule has 0 aliphatic carbocycles. The molecule has 2 N–H and O–H groups in total. The molecular weight excluding hydrogens is 276 g/mol. The first kappa shape index (κ1) is 15.9. The minimum atomic E-state index is -0.185. The molecule has 2 aromatic rings.